The first-order valence-corrected chi connectivity index (χ1v) is 11.2. The predicted molar refractivity (Wildman–Crippen MR) is 118 cm³/mol. The number of anilines is 1. The third-order valence-electron chi connectivity index (χ3n) is 5.38. The van der Waals surface area contributed by atoms with Gasteiger partial charge in [0.2, 0.25) is 5.91 Å². The van der Waals surface area contributed by atoms with Crippen molar-refractivity contribution < 1.29 is 4.79 Å². The molecule has 150 valence electrons. The lowest BCUT2D eigenvalue weighted by Gasteiger charge is -2.34. The average molecular weight is 407 g/mol. The van der Waals surface area contributed by atoms with Crippen LogP contribution in [0.3, 0.4) is 0 Å². The minimum absolute atomic E-state index is 0.133. The molecule has 0 aliphatic heterocycles. The Hall–Kier alpha value is -2.60. The molecule has 1 amide bonds. The van der Waals surface area contributed by atoms with Gasteiger partial charge in [0.25, 0.3) is 0 Å². The minimum atomic E-state index is 0.133. The predicted octanol–water partition coefficient (Wildman–Crippen LogP) is 5.03. The monoisotopic (exact) mass is 406 g/mol. The van der Waals surface area contributed by atoms with Crippen LogP contribution in [0, 0.1) is 6.92 Å². The van der Waals surface area contributed by atoms with E-state index in [2.05, 4.69) is 10.2 Å². The molecule has 1 heterocycles. The van der Waals surface area contributed by atoms with E-state index in [4.69, 9.17) is 0 Å². The first-order chi connectivity index (χ1) is 14.2. The van der Waals surface area contributed by atoms with Crippen LogP contribution in [0.25, 0.3) is 5.69 Å². The van der Waals surface area contributed by atoms with Crippen molar-refractivity contribution in [1.29, 1.82) is 0 Å². The number of benzene rings is 2. The molecule has 3 aromatic rings. The largest absolute Gasteiger partial charge is 0.309 e. The van der Waals surface area contributed by atoms with Crippen LogP contribution < -0.4 is 4.90 Å². The fraction of sp³-hybridized carbons (Fsp3) is 0.348. The normalized spacial score (nSPS) is 14.7. The van der Waals surface area contributed by atoms with Gasteiger partial charge in [-0.25, -0.2) is 0 Å². The van der Waals surface area contributed by atoms with Gasteiger partial charge in [0.05, 0.1) is 5.75 Å². The molecule has 0 atom stereocenters. The number of hydrogen-bond acceptors (Lipinski definition) is 4. The standard InChI is InChI=1S/C23H26N4OS/c1-18-24-25-23(26(18)19-11-5-2-6-12-19)29-17-22(28)27(20-13-7-3-8-14-20)21-15-9-4-10-16-21/h2-3,5-8,11-14,21H,4,9-10,15-17H2,1H3. The third kappa shape index (κ3) is 4.53. The zero-order valence-electron chi connectivity index (χ0n) is 16.7. The van der Waals surface area contributed by atoms with Crippen molar-refractivity contribution in [1.82, 2.24) is 14.8 Å². The maximum atomic E-state index is 13.3. The summed E-state index contributed by atoms with van der Waals surface area (Å²) >= 11 is 1.46. The van der Waals surface area contributed by atoms with E-state index < -0.39 is 0 Å². The molecule has 0 unspecified atom stereocenters. The van der Waals surface area contributed by atoms with Gasteiger partial charge < -0.3 is 4.90 Å². The lowest BCUT2D eigenvalue weighted by Crippen LogP contribution is -2.42. The van der Waals surface area contributed by atoms with E-state index in [1.165, 1.54) is 31.0 Å². The lowest BCUT2D eigenvalue weighted by atomic mass is 9.93. The molecule has 0 N–H and O–H groups in total. The highest BCUT2D eigenvalue weighted by Crippen LogP contribution is 2.29. The van der Waals surface area contributed by atoms with E-state index in [0.29, 0.717) is 5.75 Å². The number of carbonyl (C=O) groups excluding carboxylic acids is 1. The molecular weight excluding hydrogens is 380 g/mol. The van der Waals surface area contributed by atoms with Crippen LogP contribution in [-0.4, -0.2) is 32.5 Å². The minimum Gasteiger partial charge on any atom is -0.309 e. The number of aromatic nitrogens is 3. The Morgan fingerprint density at radius 2 is 1.66 bits per heavy atom. The van der Waals surface area contributed by atoms with Crippen LogP contribution in [0.4, 0.5) is 5.69 Å². The molecule has 0 saturated heterocycles. The Bertz CT molecular complexity index is 936. The molecule has 4 rings (SSSR count). The Morgan fingerprint density at radius 1 is 1.00 bits per heavy atom. The molecule has 0 radical (unpaired) electrons. The molecule has 0 bridgehead atoms. The Balaban J connectivity index is 1.53. The molecule has 1 aliphatic rings. The number of rotatable bonds is 6. The van der Waals surface area contributed by atoms with Crippen LogP contribution in [0.5, 0.6) is 0 Å². The number of nitrogens with zero attached hydrogens (tertiary/aromatic N) is 4. The number of thioether (sulfide) groups is 1. The molecule has 1 aliphatic carbocycles. The first-order valence-electron chi connectivity index (χ1n) is 10.2. The first kappa shape index (κ1) is 19.7. The van der Waals surface area contributed by atoms with Gasteiger partial charge in [-0.05, 0) is 44.0 Å². The molecule has 0 spiro atoms. The van der Waals surface area contributed by atoms with Crippen molar-refractivity contribution in [2.24, 2.45) is 0 Å². The van der Waals surface area contributed by atoms with E-state index in [9.17, 15) is 4.79 Å². The second kappa shape index (κ2) is 9.27. The maximum Gasteiger partial charge on any atom is 0.237 e. The van der Waals surface area contributed by atoms with Crippen molar-refractivity contribution in [3.63, 3.8) is 0 Å². The van der Waals surface area contributed by atoms with Crippen LogP contribution in [0.15, 0.2) is 65.8 Å². The average Bonchev–Trinajstić information content (AvgIpc) is 3.15. The highest BCUT2D eigenvalue weighted by Gasteiger charge is 2.27. The van der Waals surface area contributed by atoms with E-state index in [1.807, 2.05) is 77.1 Å². The highest BCUT2D eigenvalue weighted by atomic mass is 32.2. The number of hydrogen-bond donors (Lipinski definition) is 0. The summed E-state index contributed by atoms with van der Waals surface area (Å²) in [5, 5.41) is 9.29. The second-order valence-electron chi connectivity index (χ2n) is 7.38. The van der Waals surface area contributed by atoms with E-state index in [-0.39, 0.29) is 11.9 Å². The maximum absolute atomic E-state index is 13.3. The van der Waals surface area contributed by atoms with Gasteiger partial charge in [-0.3, -0.25) is 9.36 Å². The number of carbonyl (C=O) groups is 1. The molecule has 5 nitrogen and oxygen atoms in total. The Labute approximate surface area is 176 Å². The lowest BCUT2D eigenvalue weighted by molar-refractivity contribution is -0.116. The van der Waals surface area contributed by atoms with Gasteiger partial charge in [-0.2, -0.15) is 0 Å². The zero-order valence-corrected chi connectivity index (χ0v) is 17.5. The summed E-state index contributed by atoms with van der Waals surface area (Å²) in [5.74, 6) is 1.29. The van der Waals surface area contributed by atoms with Gasteiger partial charge in [0, 0.05) is 17.4 Å². The van der Waals surface area contributed by atoms with E-state index in [0.717, 1.165) is 35.2 Å². The summed E-state index contributed by atoms with van der Waals surface area (Å²) in [6.07, 6.45) is 5.79. The van der Waals surface area contributed by atoms with Crippen LogP contribution >= 0.6 is 11.8 Å². The van der Waals surface area contributed by atoms with Crippen molar-refractivity contribution >= 4 is 23.4 Å². The zero-order chi connectivity index (χ0) is 20.1. The quantitative estimate of drug-likeness (QED) is 0.539. The fourth-order valence-electron chi connectivity index (χ4n) is 3.99. The van der Waals surface area contributed by atoms with Crippen molar-refractivity contribution in [3.05, 3.63) is 66.5 Å². The smallest absolute Gasteiger partial charge is 0.237 e. The molecule has 29 heavy (non-hydrogen) atoms. The summed E-state index contributed by atoms with van der Waals surface area (Å²) in [6, 6.07) is 20.4. The second-order valence-corrected chi connectivity index (χ2v) is 8.32. The summed E-state index contributed by atoms with van der Waals surface area (Å²) in [4.78, 5) is 15.3. The van der Waals surface area contributed by atoms with Gasteiger partial charge in [-0.1, -0.05) is 67.4 Å². The summed E-state index contributed by atoms with van der Waals surface area (Å²) in [6.45, 7) is 1.93. The third-order valence-corrected chi connectivity index (χ3v) is 6.29. The van der Waals surface area contributed by atoms with Crippen molar-refractivity contribution in [2.75, 3.05) is 10.7 Å². The summed E-state index contributed by atoms with van der Waals surface area (Å²) in [5.41, 5.74) is 2.00. The van der Waals surface area contributed by atoms with Gasteiger partial charge in [0.1, 0.15) is 5.82 Å². The SMILES string of the molecule is Cc1nnc(SCC(=O)N(c2ccccc2)C2CCCCC2)n1-c1ccccc1. The Morgan fingerprint density at radius 3 is 2.34 bits per heavy atom. The van der Waals surface area contributed by atoms with E-state index in [1.54, 1.807) is 0 Å². The molecule has 6 heteroatoms. The van der Waals surface area contributed by atoms with Crippen LogP contribution in [0.1, 0.15) is 37.9 Å². The van der Waals surface area contributed by atoms with Crippen molar-refractivity contribution in [2.45, 2.75) is 50.2 Å². The fourth-order valence-corrected chi connectivity index (χ4v) is 4.85. The number of amides is 1. The molecule has 2 aromatic carbocycles. The molecule has 1 fully saturated rings. The van der Waals surface area contributed by atoms with Gasteiger partial charge in [-0.15, -0.1) is 10.2 Å². The van der Waals surface area contributed by atoms with Crippen LogP contribution in [-0.2, 0) is 4.79 Å². The molecule has 1 saturated carbocycles. The van der Waals surface area contributed by atoms with Gasteiger partial charge >= 0.3 is 0 Å². The summed E-state index contributed by atoms with van der Waals surface area (Å²) in [7, 11) is 0. The van der Waals surface area contributed by atoms with E-state index >= 15 is 0 Å². The molecular formula is C23H26N4OS. The summed E-state index contributed by atoms with van der Waals surface area (Å²) < 4.78 is 2.01. The van der Waals surface area contributed by atoms with Crippen LogP contribution in [0.2, 0.25) is 0 Å². The number of para-hydroxylation sites is 2. The van der Waals surface area contributed by atoms with Crippen molar-refractivity contribution in [3.8, 4) is 5.69 Å². The Kier molecular flexibility index (Phi) is 6.30. The highest BCUT2D eigenvalue weighted by molar-refractivity contribution is 7.99. The van der Waals surface area contributed by atoms with Gasteiger partial charge in [0.15, 0.2) is 5.16 Å². The molecule has 1 aromatic heterocycles. The topological polar surface area (TPSA) is 51.0 Å². The number of aryl methyl sites for hydroxylation is 1.